The van der Waals surface area contributed by atoms with Crippen LogP contribution in [0.4, 0.5) is 0 Å². The van der Waals surface area contributed by atoms with Crippen molar-refractivity contribution in [1.29, 1.82) is 0 Å². The summed E-state index contributed by atoms with van der Waals surface area (Å²) in [5.41, 5.74) is 0.700. The molecule has 0 saturated carbocycles. The van der Waals surface area contributed by atoms with Crippen LogP contribution in [-0.4, -0.2) is 45.2 Å². The second-order valence-electron chi connectivity index (χ2n) is 6.62. The van der Waals surface area contributed by atoms with Gasteiger partial charge in [-0.1, -0.05) is 6.07 Å². The van der Waals surface area contributed by atoms with Gasteiger partial charge in [0.05, 0.1) is 30.8 Å². The van der Waals surface area contributed by atoms with E-state index in [1.807, 2.05) is 6.92 Å². The van der Waals surface area contributed by atoms with Crippen molar-refractivity contribution in [3.05, 3.63) is 42.1 Å². The Kier molecular flexibility index (Phi) is 7.11. The molecular weight excluding hydrogens is 410 g/mol. The second-order valence-corrected chi connectivity index (χ2v) is 8.33. The van der Waals surface area contributed by atoms with Crippen LogP contribution in [-0.2, 0) is 21.4 Å². The molecule has 0 saturated heterocycles. The molecule has 2 N–H and O–H groups in total. The van der Waals surface area contributed by atoms with Gasteiger partial charge in [-0.2, -0.15) is 4.72 Å². The Bertz CT molecular complexity index is 996. The van der Waals surface area contributed by atoms with Crippen LogP contribution in [0.25, 0.3) is 0 Å². The third kappa shape index (κ3) is 5.39. The largest absolute Gasteiger partial charge is 0.490 e. The number of nitrogens with zero attached hydrogens (tertiary/aromatic N) is 1. The molecular formula is C20H25N3O6S. The Morgan fingerprint density at radius 2 is 2.00 bits per heavy atom. The Labute approximate surface area is 175 Å². The van der Waals surface area contributed by atoms with E-state index in [-0.39, 0.29) is 11.4 Å². The van der Waals surface area contributed by atoms with E-state index in [2.05, 4.69) is 15.0 Å². The molecule has 1 atom stereocenters. The average Bonchev–Trinajstić information content (AvgIpc) is 2.97. The number of carbonyl (C=O) groups is 1. The number of benzene rings is 1. The molecule has 1 aromatic carbocycles. The number of carbonyl (C=O) groups excluding carboxylic acids is 1. The number of ether oxygens (including phenoxy) is 3. The Morgan fingerprint density at radius 1 is 1.23 bits per heavy atom. The van der Waals surface area contributed by atoms with Crippen LogP contribution < -0.4 is 24.2 Å². The van der Waals surface area contributed by atoms with Crippen molar-refractivity contribution in [2.24, 2.45) is 0 Å². The predicted octanol–water partition coefficient (Wildman–Crippen LogP) is 1.62. The summed E-state index contributed by atoms with van der Waals surface area (Å²) in [6.45, 7) is 4.88. The maximum atomic E-state index is 12.7. The molecule has 3 rings (SSSR count). The van der Waals surface area contributed by atoms with Gasteiger partial charge in [0.15, 0.2) is 11.5 Å². The molecule has 0 bridgehead atoms. The smallest absolute Gasteiger partial charge is 0.241 e. The monoisotopic (exact) mass is 435 g/mol. The van der Waals surface area contributed by atoms with Crippen molar-refractivity contribution in [3.8, 4) is 17.4 Å². The highest BCUT2D eigenvalue weighted by atomic mass is 32.2. The fourth-order valence-corrected chi connectivity index (χ4v) is 4.04. The Balaban J connectivity index is 1.64. The fraction of sp³-hybridized carbons (Fsp3) is 0.400. The number of amides is 1. The lowest BCUT2D eigenvalue weighted by molar-refractivity contribution is -0.122. The summed E-state index contributed by atoms with van der Waals surface area (Å²) in [7, 11) is -3.93. The molecule has 1 aliphatic rings. The van der Waals surface area contributed by atoms with E-state index in [0.717, 1.165) is 0 Å². The first-order chi connectivity index (χ1) is 14.4. The van der Waals surface area contributed by atoms with E-state index in [4.69, 9.17) is 14.2 Å². The second kappa shape index (κ2) is 9.77. The molecule has 30 heavy (non-hydrogen) atoms. The van der Waals surface area contributed by atoms with Crippen molar-refractivity contribution in [2.45, 2.75) is 37.8 Å². The number of hydrogen-bond donors (Lipinski definition) is 2. The van der Waals surface area contributed by atoms with Crippen LogP contribution >= 0.6 is 0 Å². The summed E-state index contributed by atoms with van der Waals surface area (Å²) in [4.78, 5) is 16.6. The number of aromatic nitrogens is 1. The maximum Gasteiger partial charge on any atom is 0.241 e. The summed E-state index contributed by atoms with van der Waals surface area (Å²) >= 11 is 0. The van der Waals surface area contributed by atoms with Crippen LogP contribution in [0.15, 0.2) is 41.4 Å². The zero-order valence-corrected chi connectivity index (χ0v) is 17.7. The van der Waals surface area contributed by atoms with Gasteiger partial charge in [0.2, 0.25) is 21.8 Å². The molecule has 9 nitrogen and oxygen atoms in total. The van der Waals surface area contributed by atoms with Crippen LogP contribution in [0.1, 0.15) is 25.8 Å². The molecule has 2 heterocycles. The minimum Gasteiger partial charge on any atom is -0.490 e. The Hall–Kier alpha value is -2.85. The van der Waals surface area contributed by atoms with Gasteiger partial charge >= 0.3 is 0 Å². The van der Waals surface area contributed by atoms with Gasteiger partial charge in [-0.05, 0) is 32.0 Å². The van der Waals surface area contributed by atoms with Crippen molar-refractivity contribution in [1.82, 2.24) is 15.0 Å². The molecule has 1 aliphatic heterocycles. The SMILES string of the molecule is CCOc1ncccc1CNC(=O)[C@@H](C)NS(=O)(=O)c1ccc2c(c1)OCCCO2. The van der Waals surface area contributed by atoms with Gasteiger partial charge in [0.1, 0.15) is 0 Å². The van der Waals surface area contributed by atoms with Gasteiger partial charge < -0.3 is 19.5 Å². The fourth-order valence-electron chi connectivity index (χ4n) is 2.83. The van der Waals surface area contributed by atoms with Crippen molar-refractivity contribution >= 4 is 15.9 Å². The van der Waals surface area contributed by atoms with Crippen molar-refractivity contribution in [3.63, 3.8) is 0 Å². The normalized spacial score (nSPS) is 14.5. The van der Waals surface area contributed by atoms with Crippen molar-refractivity contribution in [2.75, 3.05) is 19.8 Å². The molecule has 10 heteroatoms. The van der Waals surface area contributed by atoms with E-state index in [1.165, 1.54) is 19.1 Å². The van der Waals surface area contributed by atoms with Gasteiger partial charge in [0.25, 0.3) is 0 Å². The first-order valence-corrected chi connectivity index (χ1v) is 11.2. The molecule has 0 unspecified atom stereocenters. The molecule has 162 valence electrons. The van der Waals surface area contributed by atoms with Crippen LogP contribution in [0.5, 0.6) is 17.4 Å². The van der Waals surface area contributed by atoms with Gasteiger partial charge in [-0.25, -0.2) is 13.4 Å². The molecule has 1 amide bonds. The van der Waals surface area contributed by atoms with Gasteiger partial charge in [-0.15, -0.1) is 0 Å². The van der Waals surface area contributed by atoms with E-state index in [9.17, 15) is 13.2 Å². The third-order valence-electron chi connectivity index (χ3n) is 4.34. The first kappa shape index (κ1) is 21.8. The number of pyridine rings is 1. The zero-order chi connectivity index (χ0) is 21.6. The van der Waals surface area contributed by atoms with E-state index in [1.54, 1.807) is 24.4 Å². The average molecular weight is 436 g/mol. The standard InChI is InChI=1S/C20H25N3O6S/c1-3-27-20-15(6-4-9-21-20)13-22-19(24)14(2)23-30(25,26)16-7-8-17-18(12-16)29-11-5-10-28-17/h4,6-9,12,14,23H,3,5,10-11,13H2,1-2H3,(H,22,24)/t14-/m1/s1. The highest BCUT2D eigenvalue weighted by molar-refractivity contribution is 7.89. The summed E-state index contributed by atoms with van der Waals surface area (Å²) < 4.78 is 44.3. The lowest BCUT2D eigenvalue weighted by Gasteiger charge is -2.16. The summed E-state index contributed by atoms with van der Waals surface area (Å²) in [6.07, 6.45) is 2.32. The first-order valence-electron chi connectivity index (χ1n) is 9.67. The number of fused-ring (bicyclic) bond motifs is 1. The lowest BCUT2D eigenvalue weighted by Crippen LogP contribution is -2.44. The molecule has 0 spiro atoms. The minimum atomic E-state index is -3.93. The molecule has 0 radical (unpaired) electrons. The number of hydrogen-bond acceptors (Lipinski definition) is 7. The van der Waals surface area contributed by atoms with E-state index >= 15 is 0 Å². The topological polar surface area (TPSA) is 116 Å². The van der Waals surface area contributed by atoms with E-state index < -0.39 is 22.0 Å². The zero-order valence-electron chi connectivity index (χ0n) is 16.9. The van der Waals surface area contributed by atoms with Gasteiger partial charge in [-0.3, -0.25) is 4.79 Å². The Morgan fingerprint density at radius 3 is 2.77 bits per heavy atom. The number of rotatable bonds is 8. The molecule has 0 fully saturated rings. The summed E-state index contributed by atoms with van der Waals surface area (Å²) in [5, 5.41) is 2.70. The number of sulfonamides is 1. The highest BCUT2D eigenvalue weighted by Gasteiger charge is 2.24. The highest BCUT2D eigenvalue weighted by Crippen LogP contribution is 2.31. The predicted molar refractivity (Wildman–Crippen MR) is 109 cm³/mol. The van der Waals surface area contributed by atoms with Crippen LogP contribution in [0.2, 0.25) is 0 Å². The maximum absolute atomic E-state index is 12.7. The van der Waals surface area contributed by atoms with Crippen LogP contribution in [0, 0.1) is 0 Å². The van der Waals surface area contributed by atoms with E-state index in [0.29, 0.717) is 49.2 Å². The van der Waals surface area contributed by atoms with Crippen LogP contribution in [0.3, 0.4) is 0 Å². The lowest BCUT2D eigenvalue weighted by atomic mass is 10.2. The van der Waals surface area contributed by atoms with Crippen molar-refractivity contribution < 1.29 is 27.4 Å². The summed E-state index contributed by atoms with van der Waals surface area (Å²) in [5.74, 6) is 0.825. The number of nitrogens with one attached hydrogen (secondary N) is 2. The molecule has 0 aliphatic carbocycles. The summed E-state index contributed by atoms with van der Waals surface area (Å²) in [6, 6.07) is 6.91. The molecule has 2 aromatic rings. The minimum absolute atomic E-state index is 0.00251. The van der Waals surface area contributed by atoms with Gasteiger partial charge in [0, 0.05) is 30.8 Å². The third-order valence-corrected chi connectivity index (χ3v) is 5.88. The quantitative estimate of drug-likeness (QED) is 0.647. The molecule has 1 aromatic heterocycles.